The van der Waals surface area contributed by atoms with Crippen molar-refractivity contribution in [1.82, 2.24) is 10.2 Å². The second-order valence-corrected chi connectivity index (χ2v) is 9.77. The van der Waals surface area contributed by atoms with Crippen LogP contribution in [0.15, 0.2) is 46.9 Å². The second-order valence-electron chi connectivity index (χ2n) is 8.92. The first-order valence-corrected chi connectivity index (χ1v) is 12.7. The number of nitrogens with zero attached hydrogens (tertiary/aromatic N) is 1. The molecule has 1 N–H and O–H groups in total. The largest absolute Gasteiger partial charge is 0.484 e. The molecule has 178 valence electrons. The SMILES string of the molecule is CC[C@H](C(=O)NC1CCCCC1)N(Cc1ccccc1C)C(=O)COc1ccc(Br)c(C)c1. The fourth-order valence-corrected chi connectivity index (χ4v) is 4.62. The van der Waals surface area contributed by atoms with Crippen LogP contribution in [0.2, 0.25) is 0 Å². The van der Waals surface area contributed by atoms with Gasteiger partial charge in [0.2, 0.25) is 5.91 Å². The van der Waals surface area contributed by atoms with E-state index in [9.17, 15) is 9.59 Å². The van der Waals surface area contributed by atoms with E-state index in [-0.39, 0.29) is 24.5 Å². The quantitative estimate of drug-likeness (QED) is 0.466. The van der Waals surface area contributed by atoms with Crippen molar-refractivity contribution in [2.75, 3.05) is 6.61 Å². The maximum absolute atomic E-state index is 13.4. The predicted molar refractivity (Wildman–Crippen MR) is 135 cm³/mol. The van der Waals surface area contributed by atoms with E-state index in [0.717, 1.165) is 46.8 Å². The van der Waals surface area contributed by atoms with E-state index in [1.54, 1.807) is 4.90 Å². The predicted octanol–water partition coefficient (Wildman–Crippen LogP) is 5.70. The molecular weight excluding hydrogens is 480 g/mol. The average molecular weight is 515 g/mol. The topological polar surface area (TPSA) is 58.6 Å². The fraction of sp³-hybridized carbons (Fsp3) is 0.481. The van der Waals surface area contributed by atoms with E-state index in [1.807, 2.05) is 63.2 Å². The summed E-state index contributed by atoms with van der Waals surface area (Å²) < 4.78 is 6.83. The first-order valence-electron chi connectivity index (χ1n) is 11.9. The molecule has 0 unspecified atom stereocenters. The monoisotopic (exact) mass is 514 g/mol. The van der Waals surface area contributed by atoms with Gasteiger partial charge in [0, 0.05) is 17.1 Å². The molecule has 2 amide bonds. The summed E-state index contributed by atoms with van der Waals surface area (Å²) >= 11 is 3.49. The van der Waals surface area contributed by atoms with Crippen LogP contribution in [-0.4, -0.2) is 35.4 Å². The molecule has 2 aromatic rings. The molecule has 0 spiro atoms. The molecule has 1 aliphatic carbocycles. The normalized spacial score (nSPS) is 15.0. The van der Waals surface area contributed by atoms with Crippen LogP contribution in [0.5, 0.6) is 5.75 Å². The molecule has 2 aromatic carbocycles. The third-order valence-corrected chi connectivity index (χ3v) is 7.32. The highest BCUT2D eigenvalue weighted by Crippen LogP contribution is 2.23. The Hall–Kier alpha value is -2.34. The molecule has 0 saturated heterocycles. The summed E-state index contributed by atoms with van der Waals surface area (Å²) in [5.74, 6) is 0.384. The van der Waals surface area contributed by atoms with Crippen molar-refractivity contribution < 1.29 is 14.3 Å². The summed E-state index contributed by atoms with van der Waals surface area (Å²) in [5.41, 5.74) is 3.17. The van der Waals surface area contributed by atoms with Gasteiger partial charge in [0.15, 0.2) is 6.61 Å². The van der Waals surface area contributed by atoms with Crippen LogP contribution in [0.25, 0.3) is 0 Å². The molecule has 5 nitrogen and oxygen atoms in total. The number of halogens is 1. The van der Waals surface area contributed by atoms with Crippen LogP contribution in [0.3, 0.4) is 0 Å². The van der Waals surface area contributed by atoms with Crippen LogP contribution in [0.1, 0.15) is 62.1 Å². The third kappa shape index (κ3) is 7.07. The molecule has 3 rings (SSSR count). The first kappa shape index (κ1) is 25.3. The Kier molecular flexibility index (Phi) is 9.36. The first-order chi connectivity index (χ1) is 15.9. The summed E-state index contributed by atoms with van der Waals surface area (Å²) in [6.07, 6.45) is 6.10. The molecular formula is C27H35BrN2O3. The molecule has 0 heterocycles. The zero-order chi connectivity index (χ0) is 23.8. The molecule has 33 heavy (non-hydrogen) atoms. The standard InChI is InChI=1S/C27H35BrN2O3/c1-4-25(27(32)29-22-12-6-5-7-13-22)30(17-21-11-9-8-10-19(21)2)26(31)18-33-23-14-15-24(28)20(3)16-23/h8-11,14-16,22,25H,4-7,12-13,17-18H2,1-3H3,(H,29,32)/t25-/m1/s1. The van der Waals surface area contributed by atoms with Gasteiger partial charge in [0.1, 0.15) is 11.8 Å². The van der Waals surface area contributed by atoms with E-state index in [1.165, 1.54) is 6.42 Å². The highest BCUT2D eigenvalue weighted by molar-refractivity contribution is 9.10. The summed E-state index contributed by atoms with van der Waals surface area (Å²) in [6, 6.07) is 13.3. The van der Waals surface area contributed by atoms with Crippen molar-refractivity contribution in [3.63, 3.8) is 0 Å². The molecule has 6 heteroatoms. The van der Waals surface area contributed by atoms with Crippen molar-refractivity contribution in [2.24, 2.45) is 0 Å². The Morgan fingerprint density at radius 3 is 2.48 bits per heavy atom. The van der Waals surface area contributed by atoms with Crippen molar-refractivity contribution in [1.29, 1.82) is 0 Å². The van der Waals surface area contributed by atoms with Gasteiger partial charge in [0.05, 0.1) is 0 Å². The summed E-state index contributed by atoms with van der Waals surface area (Å²) in [5, 5.41) is 3.21. The smallest absolute Gasteiger partial charge is 0.261 e. The lowest BCUT2D eigenvalue weighted by Gasteiger charge is -2.33. The number of amides is 2. The zero-order valence-corrected chi connectivity index (χ0v) is 21.5. The van der Waals surface area contributed by atoms with Crippen LogP contribution < -0.4 is 10.1 Å². The Bertz CT molecular complexity index is 956. The lowest BCUT2D eigenvalue weighted by atomic mass is 9.95. The number of rotatable bonds is 9. The maximum atomic E-state index is 13.4. The zero-order valence-electron chi connectivity index (χ0n) is 19.9. The number of carbonyl (C=O) groups excluding carboxylic acids is 2. The van der Waals surface area contributed by atoms with E-state index in [4.69, 9.17) is 4.74 Å². The number of hydrogen-bond acceptors (Lipinski definition) is 3. The number of aryl methyl sites for hydroxylation is 2. The van der Waals surface area contributed by atoms with Gasteiger partial charge < -0.3 is 15.0 Å². The highest BCUT2D eigenvalue weighted by Gasteiger charge is 2.30. The van der Waals surface area contributed by atoms with Crippen molar-refractivity contribution >= 4 is 27.7 Å². The van der Waals surface area contributed by atoms with Gasteiger partial charge in [-0.2, -0.15) is 0 Å². The van der Waals surface area contributed by atoms with Gasteiger partial charge in [-0.25, -0.2) is 0 Å². The maximum Gasteiger partial charge on any atom is 0.261 e. The Morgan fingerprint density at radius 1 is 1.09 bits per heavy atom. The van der Waals surface area contributed by atoms with Gasteiger partial charge in [0.25, 0.3) is 5.91 Å². The number of benzene rings is 2. The number of ether oxygens (including phenoxy) is 1. The minimum atomic E-state index is -0.533. The van der Waals surface area contributed by atoms with E-state index >= 15 is 0 Å². The van der Waals surface area contributed by atoms with Gasteiger partial charge in [-0.3, -0.25) is 9.59 Å². The van der Waals surface area contributed by atoms with Crippen molar-refractivity contribution in [3.05, 3.63) is 63.6 Å². The third-order valence-electron chi connectivity index (χ3n) is 6.43. The highest BCUT2D eigenvalue weighted by atomic mass is 79.9. The van der Waals surface area contributed by atoms with Gasteiger partial charge in [-0.05, 0) is 68.0 Å². The average Bonchev–Trinajstić information content (AvgIpc) is 2.81. The van der Waals surface area contributed by atoms with E-state index in [0.29, 0.717) is 18.7 Å². The number of nitrogens with one attached hydrogen (secondary N) is 1. The van der Waals surface area contributed by atoms with Gasteiger partial charge in [-0.15, -0.1) is 0 Å². The number of hydrogen-bond donors (Lipinski definition) is 1. The summed E-state index contributed by atoms with van der Waals surface area (Å²) in [4.78, 5) is 28.3. The lowest BCUT2D eigenvalue weighted by Crippen LogP contribution is -2.52. The van der Waals surface area contributed by atoms with E-state index in [2.05, 4.69) is 21.2 Å². The minimum Gasteiger partial charge on any atom is -0.484 e. The molecule has 1 aliphatic rings. The van der Waals surface area contributed by atoms with Crippen LogP contribution in [0, 0.1) is 13.8 Å². The Balaban J connectivity index is 1.77. The minimum absolute atomic E-state index is 0.0641. The molecule has 0 radical (unpaired) electrons. The molecule has 1 atom stereocenters. The lowest BCUT2D eigenvalue weighted by molar-refractivity contribution is -0.143. The van der Waals surface area contributed by atoms with Crippen molar-refractivity contribution in [2.45, 2.75) is 77.9 Å². The Morgan fingerprint density at radius 2 is 1.82 bits per heavy atom. The second kappa shape index (κ2) is 12.2. The summed E-state index contributed by atoms with van der Waals surface area (Å²) in [7, 11) is 0. The van der Waals surface area contributed by atoms with Crippen LogP contribution >= 0.6 is 15.9 Å². The van der Waals surface area contributed by atoms with Crippen LogP contribution in [-0.2, 0) is 16.1 Å². The van der Waals surface area contributed by atoms with Gasteiger partial charge >= 0.3 is 0 Å². The molecule has 0 aliphatic heterocycles. The Labute approximate surface area is 206 Å². The molecule has 0 aromatic heterocycles. The molecule has 1 saturated carbocycles. The summed E-state index contributed by atoms with van der Waals surface area (Å²) in [6.45, 7) is 6.24. The van der Waals surface area contributed by atoms with Crippen molar-refractivity contribution in [3.8, 4) is 5.75 Å². The van der Waals surface area contributed by atoms with Gasteiger partial charge in [-0.1, -0.05) is 66.4 Å². The molecule has 1 fully saturated rings. The fourth-order valence-electron chi connectivity index (χ4n) is 4.37. The van der Waals surface area contributed by atoms with E-state index < -0.39 is 6.04 Å². The number of carbonyl (C=O) groups is 2. The molecule has 0 bridgehead atoms. The van der Waals surface area contributed by atoms with Crippen LogP contribution in [0.4, 0.5) is 0 Å².